The highest BCUT2D eigenvalue weighted by Gasteiger charge is 2.58. The van der Waals surface area contributed by atoms with Gasteiger partial charge < -0.3 is 15.1 Å². The Balaban J connectivity index is 1.64. The Hall–Kier alpha value is -1.32. The van der Waals surface area contributed by atoms with Gasteiger partial charge in [0.05, 0.1) is 11.7 Å². The Morgan fingerprint density at radius 3 is 2.48 bits per heavy atom. The molecule has 0 amide bonds. The number of aliphatic hydroxyl groups excluding tert-OH is 1. The van der Waals surface area contributed by atoms with E-state index in [0.29, 0.717) is 17.8 Å². The second kappa shape index (κ2) is 6.85. The van der Waals surface area contributed by atoms with Crippen molar-refractivity contribution in [2.75, 3.05) is 19.0 Å². The zero-order valence-electron chi connectivity index (χ0n) is 18.3. The van der Waals surface area contributed by atoms with Crippen LogP contribution in [0.1, 0.15) is 76.2 Å². The van der Waals surface area contributed by atoms with Crippen LogP contribution in [0.4, 0.5) is 5.69 Å². The first-order valence-corrected chi connectivity index (χ1v) is 11.7. The lowest BCUT2D eigenvalue weighted by molar-refractivity contribution is -0.0261. The molecule has 3 nitrogen and oxygen atoms in total. The monoisotopic (exact) mass is 395 g/mol. The van der Waals surface area contributed by atoms with Crippen LogP contribution in [0.15, 0.2) is 35.4 Å². The number of allylic oxidation sites excluding steroid dienone is 1. The van der Waals surface area contributed by atoms with Gasteiger partial charge >= 0.3 is 0 Å². The number of anilines is 1. The zero-order valence-corrected chi connectivity index (χ0v) is 18.3. The molecule has 4 aliphatic carbocycles. The van der Waals surface area contributed by atoms with Gasteiger partial charge in [0.25, 0.3) is 0 Å². The van der Waals surface area contributed by atoms with Crippen molar-refractivity contribution in [2.45, 2.75) is 82.3 Å². The molecular formula is C26H37NO2. The molecular weight excluding hydrogens is 358 g/mol. The third-order valence-corrected chi connectivity index (χ3v) is 9.12. The molecule has 0 saturated heterocycles. The summed E-state index contributed by atoms with van der Waals surface area (Å²) in [5, 5.41) is 22.5. The molecule has 0 heterocycles. The molecule has 3 fully saturated rings. The van der Waals surface area contributed by atoms with E-state index < -0.39 is 5.60 Å². The third kappa shape index (κ3) is 2.91. The molecule has 6 atom stereocenters. The normalized spacial score (nSPS) is 41.6. The summed E-state index contributed by atoms with van der Waals surface area (Å²) in [5.74, 6) is 1.45. The lowest BCUT2D eigenvalue weighted by Gasteiger charge is -2.54. The fraction of sp³-hybridized carbons (Fsp3) is 0.692. The number of rotatable bonds is 2. The van der Waals surface area contributed by atoms with Gasteiger partial charge in [-0.3, -0.25) is 0 Å². The minimum atomic E-state index is -0.559. The van der Waals surface area contributed by atoms with Crippen molar-refractivity contribution >= 4 is 5.69 Å². The molecule has 0 unspecified atom stereocenters. The lowest BCUT2D eigenvalue weighted by Crippen LogP contribution is -2.49. The predicted octanol–water partition coefficient (Wildman–Crippen LogP) is 5.03. The van der Waals surface area contributed by atoms with Gasteiger partial charge in [-0.05, 0) is 98.3 Å². The molecule has 0 spiro atoms. The van der Waals surface area contributed by atoms with E-state index in [0.717, 1.165) is 51.4 Å². The van der Waals surface area contributed by atoms with E-state index in [1.54, 1.807) is 5.57 Å². The van der Waals surface area contributed by atoms with Crippen molar-refractivity contribution in [1.29, 1.82) is 0 Å². The Labute approximate surface area is 175 Å². The smallest absolute Gasteiger partial charge is 0.0859 e. The summed E-state index contributed by atoms with van der Waals surface area (Å²) in [5.41, 5.74) is 5.01. The molecule has 0 aliphatic heterocycles. The van der Waals surface area contributed by atoms with Gasteiger partial charge in [-0.1, -0.05) is 24.6 Å². The van der Waals surface area contributed by atoms with Gasteiger partial charge in [0.15, 0.2) is 0 Å². The third-order valence-electron chi connectivity index (χ3n) is 9.12. The maximum Gasteiger partial charge on any atom is 0.0859 e. The first kappa shape index (κ1) is 19.6. The topological polar surface area (TPSA) is 43.7 Å². The van der Waals surface area contributed by atoms with E-state index in [4.69, 9.17) is 0 Å². The van der Waals surface area contributed by atoms with Gasteiger partial charge in [-0.25, -0.2) is 0 Å². The van der Waals surface area contributed by atoms with E-state index in [2.05, 4.69) is 50.2 Å². The Kier molecular flexibility index (Phi) is 4.64. The average molecular weight is 396 g/mol. The van der Waals surface area contributed by atoms with Crippen LogP contribution in [0.2, 0.25) is 0 Å². The first-order chi connectivity index (χ1) is 13.8. The van der Waals surface area contributed by atoms with Crippen molar-refractivity contribution in [1.82, 2.24) is 0 Å². The SMILES string of the molecule is CN(C)c1ccc([C@H]2C[C@]3(C)[C@@H](O)CC[C@H]3[C@@H]3CC[C@@]4(O)CCCCC4=C32)cc1. The van der Waals surface area contributed by atoms with Crippen LogP contribution >= 0.6 is 0 Å². The summed E-state index contributed by atoms with van der Waals surface area (Å²) in [4.78, 5) is 2.15. The molecule has 29 heavy (non-hydrogen) atoms. The largest absolute Gasteiger partial charge is 0.393 e. The standard InChI is InChI=1S/C26H37NO2/c1-25-16-20(17-7-9-18(10-8-17)27(2)3)24-19(21(25)11-12-23(25)28)13-15-26(29)14-5-4-6-22(24)26/h7-10,19-21,23,28-29H,4-6,11-16H2,1-3H3/t19-,20+,21-,23-,25-,26-/m0/s1. The maximum atomic E-state index is 11.6. The molecule has 1 aromatic rings. The predicted molar refractivity (Wildman–Crippen MR) is 118 cm³/mol. The molecule has 2 N–H and O–H groups in total. The quantitative estimate of drug-likeness (QED) is 0.690. The molecule has 3 heteroatoms. The van der Waals surface area contributed by atoms with Crippen molar-refractivity contribution in [2.24, 2.45) is 17.3 Å². The summed E-state index contributed by atoms with van der Waals surface area (Å²) >= 11 is 0. The minimum Gasteiger partial charge on any atom is -0.393 e. The number of hydrogen-bond donors (Lipinski definition) is 2. The van der Waals surface area contributed by atoms with Crippen LogP contribution in [-0.4, -0.2) is 36.0 Å². The highest BCUT2D eigenvalue weighted by atomic mass is 16.3. The van der Waals surface area contributed by atoms with Crippen LogP contribution < -0.4 is 4.90 Å². The van der Waals surface area contributed by atoms with Crippen molar-refractivity contribution in [3.05, 3.63) is 41.0 Å². The molecule has 3 saturated carbocycles. The number of fused-ring (bicyclic) bond motifs is 4. The Morgan fingerprint density at radius 2 is 1.76 bits per heavy atom. The van der Waals surface area contributed by atoms with Crippen LogP contribution in [-0.2, 0) is 0 Å². The zero-order chi connectivity index (χ0) is 20.4. The molecule has 0 radical (unpaired) electrons. The van der Waals surface area contributed by atoms with Crippen LogP contribution in [0.3, 0.4) is 0 Å². The minimum absolute atomic E-state index is 0.00371. The van der Waals surface area contributed by atoms with E-state index in [1.165, 1.54) is 23.2 Å². The van der Waals surface area contributed by atoms with Gasteiger partial charge in [-0.2, -0.15) is 0 Å². The van der Waals surface area contributed by atoms with E-state index in [9.17, 15) is 10.2 Å². The summed E-state index contributed by atoms with van der Waals surface area (Å²) in [7, 11) is 4.17. The first-order valence-electron chi connectivity index (χ1n) is 11.7. The summed E-state index contributed by atoms with van der Waals surface area (Å²) in [6, 6.07) is 9.05. The maximum absolute atomic E-state index is 11.6. The van der Waals surface area contributed by atoms with Crippen molar-refractivity contribution in [3.8, 4) is 0 Å². The average Bonchev–Trinajstić information content (AvgIpc) is 3.01. The van der Waals surface area contributed by atoms with Crippen molar-refractivity contribution in [3.63, 3.8) is 0 Å². The van der Waals surface area contributed by atoms with E-state index in [-0.39, 0.29) is 11.5 Å². The number of nitrogens with zero attached hydrogens (tertiary/aromatic N) is 1. The molecule has 0 bridgehead atoms. The fourth-order valence-corrected chi connectivity index (χ4v) is 7.50. The van der Waals surface area contributed by atoms with E-state index >= 15 is 0 Å². The highest BCUT2D eigenvalue weighted by molar-refractivity contribution is 5.49. The number of aliphatic hydroxyl groups is 2. The Morgan fingerprint density at radius 1 is 1.00 bits per heavy atom. The second-order valence-corrected chi connectivity index (χ2v) is 10.8. The molecule has 158 valence electrons. The van der Waals surface area contributed by atoms with Gasteiger partial charge in [0, 0.05) is 25.7 Å². The fourth-order valence-electron chi connectivity index (χ4n) is 7.50. The van der Waals surface area contributed by atoms with Gasteiger partial charge in [0.2, 0.25) is 0 Å². The van der Waals surface area contributed by atoms with E-state index in [1.807, 2.05) is 0 Å². The summed E-state index contributed by atoms with van der Waals surface area (Å²) in [6.07, 6.45) is 9.31. The van der Waals surface area contributed by atoms with Crippen LogP contribution in [0.5, 0.6) is 0 Å². The second-order valence-electron chi connectivity index (χ2n) is 10.8. The summed E-state index contributed by atoms with van der Waals surface area (Å²) in [6.45, 7) is 2.35. The Bertz CT molecular complexity index is 813. The molecule has 4 aliphatic rings. The number of hydrogen-bond acceptors (Lipinski definition) is 3. The molecule has 1 aromatic carbocycles. The van der Waals surface area contributed by atoms with Gasteiger partial charge in [0.1, 0.15) is 0 Å². The van der Waals surface area contributed by atoms with Crippen LogP contribution in [0.25, 0.3) is 0 Å². The molecule has 5 rings (SSSR count). The van der Waals surface area contributed by atoms with Crippen molar-refractivity contribution < 1.29 is 10.2 Å². The number of benzene rings is 1. The van der Waals surface area contributed by atoms with Gasteiger partial charge in [-0.15, -0.1) is 0 Å². The lowest BCUT2D eigenvalue weighted by atomic mass is 9.51. The highest BCUT2D eigenvalue weighted by Crippen LogP contribution is 2.64. The van der Waals surface area contributed by atoms with Crippen LogP contribution in [0, 0.1) is 17.3 Å². The summed E-state index contributed by atoms with van der Waals surface area (Å²) < 4.78 is 0. The molecule has 0 aromatic heterocycles.